The van der Waals surface area contributed by atoms with Crippen molar-refractivity contribution in [1.29, 1.82) is 0 Å². The van der Waals surface area contributed by atoms with Gasteiger partial charge in [-0.2, -0.15) is 0 Å². The molecule has 0 aliphatic rings. The van der Waals surface area contributed by atoms with E-state index in [1.807, 2.05) is 0 Å². The van der Waals surface area contributed by atoms with Gasteiger partial charge in [-0.05, 0) is 0 Å². The molecule has 0 aliphatic heterocycles. The van der Waals surface area contributed by atoms with Gasteiger partial charge in [-0.15, -0.1) is 0 Å². The van der Waals surface area contributed by atoms with E-state index in [4.69, 9.17) is 0 Å². The van der Waals surface area contributed by atoms with E-state index < -0.39 is 0 Å². The lowest BCUT2D eigenvalue weighted by molar-refractivity contribution is -0.151. The van der Waals surface area contributed by atoms with E-state index in [9.17, 15) is 9.59 Å². The third-order valence-electron chi connectivity index (χ3n) is 0.667. The second-order valence-corrected chi connectivity index (χ2v) is 1.74. The summed E-state index contributed by atoms with van der Waals surface area (Å²) in [6.45, 7) is 2.74. The van der Waals surface area contributed by atoms with Crippen LogP contribution in [-0.2, 0) is 23.8 Å². The smallest absolute Gasteiger partial charge is 0.304 e. The molecular formula is C8H18O5. The van der Waals surface area contributed by atoms with Crippen molar-refractivity contribution in [3.05, 3.63) is 0 Å². The highest BCUT2D eigenvalue weighted by Gasteiger charge is 1.85. The van der Waals surface area contributed by atoms with Crippen molar-refractivity contribution in [2.24, 2.45) is 0 Å². The Balaban J connectivity index is -0.000000150. The third-order valence-corrected chi connectivity index (χ3v) is 0.667. The molecule has 0 aromatic carbocycles. The largest absolute Gasteiger partial charge is 0.469 e. The first-order valence-electron chi connectivity index (χ1n) is 3.21. The molecule has 0 N–H and O–H groups in total. The van der Waals surface area contributed by atoms with Crippen LogP contribution in [0.2, 0.25) is 0 Å². The molecule has 0 spiro atoms. The van der Waals surface area contributed by atoms with E-state index >= 15 is 0 Å². The van der Waals surface area contributed by atoms with E-state index in [-0.39, 0.29) is 26.2 Å². The third kappa shape index (κ3) is 36.0. The van der Waals surface area contributed by atoms with Crippen molar-refractivity contribution in [1.82, 2.24) is 0 Å². The fraction of sp³-hybridized carbons (Fsp3) is 0.750. The summed E-state index contributed by atoms with van der Waals surface area (Å²) in [5.41, 5.74) is 0. The van der Waals surface area contributed by atoms with Gasteiger partial charge < -0.3 is 14.2 Å². The minimum Gasteiger partial charge on any atom is -0.469 e. The van der Waals surface area contributed by atoms with Gasteiger partial charge in [0.1, 0.15) is 0 Å². The molecule has 0 saturated carbocycles. The summed E-state index contributed by atoms with van der Waals surface area (Å²) < 4.78 is 12.9. The molecule has 0 aliphatic carbocycles. The summed E-state index contributed by atoms with van der Waals surface area (Å²) in [5.74, 6) is -0.563. The van der Waals surface area contributed by atoms with E-state index in [2.05, 4.69) is 14.2 Å². The molecule has 0 unspecified atom stereocenters. The lowest BCUT2D eigenvalue weighted by Gasteiger charge is -1.95. The Hall–Kier alpha value is -1.10. The van der Waals surface area contributed by atoms with Crippen LogP contribution in [0.3, 0.4) is 0 Å². The van der Waals surface area contributed by atoms with E-state index in [0.717, 1.165) is 0 Å². The Labute approximate surface area is 79.0 Å². The van der Waals surface area contributed by atoms with Crippen LogP contribution in [0.1, 0.15) is 21.3 Å². The number of carbonyl (C=O) groups is 2. The molecule has 0 radical (unpaired) electrons. The topological polar surface area (TPSA) is 61.8 Å². The highest BCUT2D eigenvalue weighted by Crippen LogP contribution is 1.72. The first-order chi connectivity index (χ1) is 5.54. The molecule has 0 bridgehead atoms. The van der Waals surface area contributed by atoms with Gasteiger partial charge in [0.2, 0.25) is 0 Å². The molecule has 5 heteroatoms. The van der Waals surface area contributed by atoms with Crippen LogP contribution in [0.5, 0.6) is 0 Å². The van der Waals surface area contributed by atoms with Gasteiger partial charge in [-0.25, -0.2) is 0 Å². The Morgan fingerprint density at radius 2 is 1.46 bits per heavy atom. The summed E-state index contributed by atoms with van der Waals surface area (Å²) in [4.78, 5) is 19.5. The maximum absolute atomic E-state index is 9.90. The predicted octanol–water partition coefficient (Wildman–Crippen LogP) is 0.969. The summed E-state index contributed by atoms with van der Waals surface area (Å²) in [6, 6.07) is 0. The fourth-order valence-corrected chi connectivity index (χ4v) is 0.142. The molecule has 0 atom stereocenters. The summed E-state index contributed by atoms with van der Waals surface area (Å²) >= 11 is 0. The summed E-state index contributed by atoms with van der Waals surface area (Å²) in [5, 5.41) is 0. The van der Waals surface area contributed by atoms with Crippen molar-refractivity contribution in [3.63, 3.8) is 0 Å². The SMILES string of the molecule is C.COC(C)=O.COCOC(C)=O. The maximum Gasteiger partial charge on any atom is 0.304 e. The lowest BCUT2D eigenvalue weighted by Crippen LogP contribution is -2.00. The van der Waals surface area contributed by atoms with Gasteiger partial charge in [0.15, 0.2) is 6.79 Å². The fourth-order valence-electron chi connectivity index (χ4n) is 0.142. The van der Waals surface area contributed by atoms with Crippen molar-refractivity contribution in [2.45, 2.75) is 21.3 Å². The van der Waals surface area contributed by atoms with Gasteiger partial charge in [-0.1, -0.05) is 7.43 Å². The molecular weight excluding hydrogens is 176 g/mol. The van der Waals surface area contributed by atoms with Crippen LogP contribution in [0.25, 0.3) is 0 Å². The van der Waals surface area contributed by atoms with Crippen LogP contribution >= 0.6 is 0 Å². The lowest BCUT2D eigenvalue weighted by atomic mass is 10.8. The molecule has 0 fully saturated rings. The van der Waals surface area contributed by atoms with Crippen molar-refractivity contribution in [3.8, 4) is 0 Å². The Bertz CT molecular complexity index is 132. The molecule has 5 nitrogen and oxygen atoms in total. The highest BCUT2D eigenvalue weighted by atomic mass is 16.7. The number of hydrogen-bond acceptors (Lipinski definition) is 5. The first-order valence-corrected chi connectivity index (χ1v) is 3.21. The number of hydrogen-bond donors (Lipinski definition) is 0. The van der Waals surface area contributed by atoms with Gasteiger partial charge in [0.25, 0.3) is 0 Å². The molecule has 0 heterocycles. The zero-order valence-corrected chi connectivity index (χ0v) is 7.75. The average Bonchev–Trinajstić information content (AvgIpc) is 2.02. The molecule has 0 rings (SSSR count). The van der Waals surface area contributed by atoms with Crippen molar-refractivity contribution in [2.75, 3.05) is 21.0 Å². The predicted molar refractivity (Wildman–Crippen MR) is 48.1 cm³/mol. The van der Waals surface area contributed by atoms with Crippen LogP contribution in [0.4, 0.5) is 0 Å². The number of methoxy groups -OCH3 is 2. The number of carbonyl (C=O) groups excluding carboxylic acids is 2. The highest BCUT2D eigenvalue weighted by molar-refractivity contribution is 5.65. The first kappa shape index (κ1) is 17.8. The minimum atomic E-state index is -0.318. The molecule has 80 valence electrons. The van der Waals surface area contributed by atoms with E-state index in [0.29, 0.717) is 0 Å². The number of ether oxygens (including phenoxy) is 3. The van der Waals surface area contributed by atoms with Crippen molar-refractivity contribution >= 4 is 11.9 Å². The van der Waals surface area contributed by atoms with Crippen LogP contribution in [0, 0.1) is 0 Å². The van der Waals surface area contributed by atoms with Crippen molar-refractivity contribution < 1.29 is 23.8 Å². The molecule has 0 aromatic heterocycles. The molecule has 13 heavy (non-hydrogen) atoms. The van der Waals surface area contributed by atoms with E-state index in [1.165, 1.54) is 28.1 Å². The van der Waals surface area contributed by atoms with Gasteiger partial charge in [0.05, 0.1) is 7.11 Å². The molecule has 0 amide bonds. The second kappa shape index (κ2) is 13.5. The second-order valence-electron chi connectivity index (χ2n) is 1.74. The molecule has 0 aromatic rings. The minimum absolute atomic E-state index is 0. The zero-order chi connectivity index (χ0) is 9.98. The van der Waals surface area contributed by atoms with Gasteiger partial charge in [0, 0.05) is 21.0 Å². The van der Waals surface area contributed by atoms with E-state index in [1.54, 1.807) is 0 Å². The summed E-state index contributed by atoms with van der Waals surface area (Å²) in [6.07, 6.45) is 0. The Morgan fingerprint density at radius 1 is 1.08 bits per heavy atom. The average molecular weight is 194 g/mol. The zero-order valence-electron chi connectivity index (χ0n) is 7.75. The van der Waals surface area contributed by atoms with Gasteiger partial charge >= 0.3 is 11.9 Å². The standard InChI is InChI=1S/C4H8O3.C3H6O2.CH4/c1-4(5)7-3-6-2;1-3(4)5-2;/h3H2,1-2H3;1-2H3;1H4. The van der Waals surface area contributed by atoms with Crippen LogP contribution in [0.15, 0.2) is 0 Å². The normalized spacial score (nSPS) is 7.08. The number of esters is 2. The van der Waals surface area contributed by atoms with Crippen LogP contribution < -0.4 is 0 Å². The quantitative estimate of drug-likeness (QED) is 0.484. The monoisotopic (exact) mass is 194 g/mol. The Kier molecular flexibility index (Phi) is 18.5. The Morgan fingerprint density at radius 3 is 1.54 bits per heavy atom. The number of rotatable bonds is 2. The van der Waals surface area contributed by atoms with Crippen LogP contribution in [-0.4, -0.2) is 33.0 Å². The van der Waals surface area contributed by atoms with Gasteiger partial charge in [-0.3, -0.25) is 9.59 Å². The summed E-state index contributed by atoms with van der Waals surface area (Å²) in [7, 11) is 2.81. The maximum atomic E-state index is 9.90. The molecule has 0 saturated heterocycles.